The molecule has 0 radical (unpaired) electrons. The van der Waals surface area contributed by atoms with E-state index in [2.05, 4.69) is 56.3 Å². The van der Waals surface area contributed by atoms with E-state index in [1.807, 2.05) is 12.1 Å². The van der Waals surface area contributed by atoms with Crippen molar-refractivity contribution in [3.63, 3.8) is 0 Å². The first-order chi connectivity index (χ1) is 15.1. The number of halogens is 2. The summed E-state index contributed by atoms with van der Waals surface area (Å²) in [6, 6.07) is 12.4. The number of unbranched alkanes of at least 4 members (excludes halogenated alkanes) is 3. The van der Waals surface area contributed by atoms with E-state index in [9.17, 15) is 4.39 Å². The van der Waals surface area contributed by atoms with Crippen molar-refractivity contribution in [2.24, 2.45) is 5.92 Å². The molecule has 0 aromatic heterocycles. The largest absolute Gasteiger partial charge is 0.205 e. The number of benzene rings is 2. The molecule has 1 unspecified atom stereocenters. The van der Waals surface area contributed by atoms with Crippen LogP contribution in [0.2, 0.25) is 5.02 Å². The number of hydrogen-bond donors (Lipinski definition) is 0. The van der Waals surface area contributed by atoms with Crippen molar-refractivity contribution in [2.45, 2.75) is 78.1 Å². The molecule has 0 saturated carbocycles. The normalized spacial score (nSPS) is 16.6. The average molecular weight is 439 g/mol. The summed E-state index contributed by atoms with van der Waals surface area (Å²) in [6.07, 6.45) is 18.2. The lowest BCUT2D eigenvalue weighted by Gasteiger charge is -2.22. The van der Waals surface area contributed by atoms with Gasteiger partial charge in [-0.25, -0.2) is 4.39 Å². The van der Waals surface area contributed by atoms with Crippen LogP contribution in [0.1, 0.15) is 82.8 Å². The van der Waals surface area contributed by atoms with Gasteiger partial charge in [0.1, 0.15) is 5.82 Å². The Bertz CT molecular complexity index is 892. The Balaban J connectivity index is 1.65. The summed E-state index contributed by atoms with van der Waals surface area (Å²) in [7, 11) is 0. The molecule has 2 heteroatoms. The van der Waals surface area contributed by atoms with Gasteiger partial charge >= 0.3 is 0 Å². The first kappa shape index (κ1) is 23.8. The predicted molar refractivity (Wildman–Crippen MR) is 134 cm³/mol. The van der Waals surface area contributed by atoms with Crippen molar-refractivity contribution in [1.29, 1.82) is 0 Å². The smallest absolute Gasteiger partial charge is 0.145 e. The second kappa shape index (κ2) is 12.2. The second-order valence-electron chi connectivity index (χ2n) is 8.80. The van der Waals surface area contributed by atoms with Gasteiger partial charge in [0.05, 0.1) is 5.02 Å². The minimum Gasteiger partial charge on any atom is -0.205 e. The Morgan fingerprint density at radius 1 is 1.03 bits per heavy atom. The molecule has 0 aliphatic heterocycles. The Labute approximate surface area is 193 Å². The highest BCUT2D eigenvalue weighted by Crippen LogP contribution is 2.36. The minimum absolute atomic E-state index is 0.251. The lowest BCUT2D eigenvalue weighted by atomic mass is 9.84. The number of allylic oxidation sites excluding steroid dienone is 4. The van der Waals surface area contributed by atoms with Crippen LogP contribution in [0.15, 0.2) is 54.6 Å². The molecule has 1 aliphatic carbocycles. The third-order valence-corrected chi connectivity index (χ3v) is 6.89. The molecule has 1 aliphatic rings. The quantitative estimate of drug-likeness (QED) is 0.255. The zero-order chi connectivity index (χ0) is 22.1. The van der Waals surface area contributed by atoms with Crippen molar-refractivity contribution in [3.05, 3.63) is 76.6 Å². The molecular weight excluding hydrogens is 403 g/mol. The number of rotatable bonds is 10. The zero-order valence-electron chi connectivity index (χ0n) is 19.1. The van der Waals surface area contributed by atoms with Crippen LogP contribution in [0.5, 0.6) is 0 Å². The van der Waals surface area contributed by atoms with Crippen LogP contribution in [0.3, 0.4) is 0 Å². The predicted octanol–water partition coefficient (Wildman–Crippen LogP) is 9.81. The van der Waals surface area contributed by atoms with Crippen LogP contribution in [0.25, 0.3) is 16.7 Å². The second-order valence-corrected chi connectivity index (χ2v) is 9.18. The van der Waals surface area contributed by atoms with E-state index in [-0.39, 0.29) is 10.8 Å². The maximum Gasteiger partial charge on any atom is 0.145 e. The van der Waals surface area contributed by atoms with E-state index in [1.165, 1.54) is 49.7 Å². The summed E-state index contributed by atoms with van der Waals surface area (Å²) >= 11 is 6.44. The van der Waals surface area contributed by atoms with E-state index in [1.54, 1.807) is 0 Å². The fourth-order valence-corrected chi connectivity index (χ4v) is 4.82. The van der Waals surface area contributed by atoms with Gasteiger partial charge in [0.2, 0.25) is 0 Å². The van der Waals surface area contributed by atoms with Gasteiger partial charge < -0.3 is 0 Å². The van der Waals surface area contributed by atoms with Crippen molar-refractivity contribution in [3.8, 4) is 11.1 Å². The van der Waals surface area contributed by atoms with Crippen molar-refractivity contribution >= 4 is 17.2 Å². The highest BCUT2D eigenvalue weighted by Gasteiger charge is 2.16. The molecule has 0 spiro atoms. The fourth-order valence-electron chi connectivity index (χ4n) is 4.52. The minimum atomic E-state index is -0.251. The summed E-state index contributed by atoms with van der Waals surface area (Å²) in [5.41, 5.74) is 5.21. The van der Waals surface area contributed by atoms with Crippen LogP contribution >= 0.6 is 11.6 Å². The molecule has 1 atom stereocenters. The molecule has 3 rings (SSSR count). The molecule has 2 aromatic carbocycles. The van der Waals surface area contributed by atoms with E-state index in [4.69, 9.17) is 11.6 Å². The third kappa shape index (κ3) is 6.56. The first-order valence-electron chi connectivity index (χ1n) is 12.0. The Morgan fingerprint density at radius 3 is 2.48 bits per heavy atom. The Hall–Kier alpha value is -1.86. The van der Waals surface area contributed by atoms with Gasteiger partial charge in [0.25, 0.3) is 0 Å². The van der Waals surface area contributed by atoms with Crippen molar-refractivity contribution in [1.82, 2.24) is 0 Å². The molecule has 31 heavy (non-hydrogen) atoms. The van der Waals surface area contributed by atoms with E-state index in [0.717, 1.165) is 48.3 Å². The summed E-state index contributed by atoms with van der Waals surface area (Å²) in [5, 5.41) is 0.251. The molecule has 0 fully saturated rings. The summed E-state index contributed by atoms with van der Waals surface area (Å²) in [6.45, 7) is 4.28. The molecule has 2 aromatic rings. The van der Waals surface area contributed by atoms with Crippen LogP contribution in [0.4, 0.5) is 4.39 Å². The van der Waals surface area contributed by atoms with E-state index < -0.39 is 0 Å². The summed E-state index contributed by atoms with van der Waals surface area (Å²) < 4.78 is 14.8. The molecule has 166 valence electrons. The van der Waals surface area contributed by atoms with Gasteiger partial charge in [0.15, 0.2) is 0 Å². The first-order valence-corrected chi connectivity index (χ1v) is 12.4. The average Bonchev–Trinajstić information content (AvgIpc) is 2.80. The summed E-state index contributed by atoms with van der Waals surface area (Å²) in [5.74, 6) is 0.556. The molecule has 0 amide bonds. The van der Waals surface area contributed by atoms with Crippen LogP contribution in [-0.2, 0) is 6.42 Å². The molecule has 0 saturated heterocycles. The van der Waals surface area contributed by atoms with Gasteiger partial charge in [-0.3, -0.25) is 0 Å². The van der Waals surface area contributed by atoms with Gasteiger partial charge in [0, 0.05) is 5.56 Å². The fraction of sp³-hybridized carbons (Fsp3) is 0.448. The summed E-state index contributed by atoms with van der Waals surface area (Å²) in [4.78, 5) is 0. The van der Waals surface area contributed by atoms with Crippen LogP contribution in [0, 0.1) is 11.7 Å². The van der Waals surface area contributed by atoms with E-state index >= 15 is 0 Å². The van der Waals surface area contributed by atoms with E-state index in [0.29, 0.717) is 0 Å². The highest BCUT2D eigenvalue weighted by molar-refractivity contribution is 6.33. The molecule has 0 heterocycles. The monoisotopic (exact) mass is 438 g/mol. The third-order valence-electron chi connectivity index (χ3n) is 6.53. The molecule has 0 bridgehead atoms. The molecule has 0 nitrogen and oxygen atoms in total. The maximum absolute atomic E-state index is 14.8. The van der Waals surface area contributed by atoms with Crippen LogP contribution < -0.4 is 0 Å². The van der Waals surface area contributed by atoms with Gasteiger partial charge in [-0.15, -0.1) is 0 Å². The Kier molecular flexibility index (Phi) is 9.40. The highest BCUT2D eigenvalue weighted by atomic mass is 35.5. The van der Waals surface area contributed by atoms with Gasteiger partial charge in [-0.2, -0.15) is 0 Å². The Morgan fingerprint density at radius 2 is 1.81 bits per heavy atom. The number of hydrogen-bond acceptors (Lipinski definition) is 0. The van der Waals surface area contributed by atoms with Gasteiger partial charge in [-0.05, 0) is 80.1 Å². The molecular formula is C29H36ClF. The maximum atomic E-state index is 14.8. The lowest BCUT2D eigenvalue weighted by Crippen LogP contribution is -2.05. The number of aryl methyl sites for hydroxylation is 1. The van der Waals surface area contributed by atoms with Crippen molar-refractivity contribution in [2.75, 3.05) is 0 Å². The SMILES string of the molecule is C/C=C/CCC1CC=C(c2ccc(-c3ccc(CCCCCC)c(F)c3Cl)cc2)CC1. The standard InChI is InChI=1S/C29H36ClF/c1-3-5-7-9-11-26-20-21-27(28(30)29(26)31)25-18-16-24(17-19-25)23-14-12-22(13-15-23)10-8-6-4-2/h4,6,14,16-22H,3,5,7-13,15H2,1-2H3/b6-4+. The van der Waals surface area contributed by atoms with Crippen LogP contribution in [-0.4, -0.2) is 0 Å². The topological polar surface area (TPSA) is 0 Å². The lowest BCUT2D eigenvalue weighted by molar-refractivity contribution is 0.454. The zero-order valence-corrected chi connectivity index (χ0v) is 19.9. The van der Waals surface area contributed by atoms with Crippen molar-refractivity contribution < 1.29 is 4.39 Å². The molecule has 0 N–H and O–H groups in total. The van der Waals surface area contributed by atoms with Gasteiger partial charge in [-0.1, -0.05) is 92.4 Å².